The molecule has 4 nitrogen and oxygen atoms in total. The van der Waals surface area contributed by atoms with Crippen LogP contribution in [-0.4, -0.2) is 20.1 Å². The smallest absolute Gasteiger partial charge is 0.295 e. The highest BCUT2D eigenvalue weighted by Crippen LogP contribution is 2.41. The summed E-state index contributed by atoms with van der Waals surface area (Å²) in [7, 11) is -2.70. The maximum atomic E-state index is 11.5. The molecule has 0 fully saturated rings. The molecule has 2 rings (SSSR count). The summed E-state index contributed by atoms with van der Waals surface area (Å²) in [4.78, 5) is -0.0748. The minimum Gasteiger partial charge on any atom is -0.496 e. The van der Waals surface area contributed by atoms with Crippen LogP contribution in [0.1, 0.15) is 30.9 Å². The Hall–Kier alpha value is -1.59. The molecule has 0 unspecified atom stereocenters. The van der Waals surface area contributed by atoms with Crippen LogP contribution in [0.15, 0.2) is 29.2 Å². The highest BCUT2D eigenvalue weighted by atomic mass is 32.2. The Morgan fingerprint density at radius 2 is 1.85 bits per heavy atom. The van der Waals surface area contributed by atoms with E-state index in [1.54, 1.807) is 20.1 Å². The second-order valence-corrected chi connectivity index (χ2v) is 6.55. The maximum absolute atomic E-state index is 11.5. The summed E-state index contributed by atoms with van der Waals surface area (Å²) < 4.78 is 37.8. The predicted octanol–water partition coefficient (Wildman–Crippen LogP) is 3.48. The SMILES string of the molecule is COc1cc(C(C)C)ccc2c(S(=O)(=O)O)cc(C)c1-2. The van der Waals surface area contributed by atoms with Gasteiger partial charge in [-0.2, -0.15) is 8.42 Å². The van der Waals surface area contributed by atoms with Crippen molar-refractivity contribution in [3.05, 3.63) is 35.4 Å². The van der Waals surface area contributed by atoms with E-state index in [9.17, 15) is 13.0 Å². The molecule has 2 aliphatic carbocycles. The van der Waals surface area contributed by atoms with Crippen LogP contribution in [0.4, 0.5) is 0 Å². The summed E-state index contributed by atoms with van der Waals surface area (Å²) in [5, 5.41) is 0. The van der Waals surface area contributed by atoms with Crippen LogP contribution in [0, 0.1) is 6.92 Å². The highest BCUT2D eigenvalue weighted by Gasteiger charge is 2.24. The van der Waals surface area contributed by atoms with Gasteiger partial charge in [0, 0.05) is 11.1 Å². The molecule has 1 N–H and O–H groups in total. The van der Waals surface area contributed by atoms with Crippen molar-refractivity contribution in [2.24, 2.45) is 0 Å². The summed E-state index contributed by atoms with van der Waals surface area (Å²) >= 11 is 0. The minimum absolute atomic E-state index is 0.0748. The second kappa shape index (κ2) is 5.07. The van der Waals surface area contributed by atoms with E-state index >= 15 is 0 Å². The number of aryl methyl sites for hydroxylation is 1. The van der Waals surface area contributed by atoms with E-state index in [0.29, 0.717) is 16.9 Å². The summed E-state index contributed by atoms with van der Waals surface area (Å²) in [5.41, 5.74) is 3.00. The van der Waals surface area contributed by atoms with E-state index in [1.165, 1.54) is 6.07 Å². The zero-order valence-corrected chi connectivity index (χ0v) is 12.8. The van der Waals surface area contributed by atoms with Crippen molar-refractivity contribution in [3.8, 4) is 16.9 Å². The molecule has 108 valence electrons. The summed E-state index contributed by atoms with van der Waals surface area (Å²) in [6.07, 6.45) is 0. The van der Waals surface area contributed by atoms with Crippen molar-refractivity contribution in [1.29, 1.82) is 0 Å². The van der Waals surface area contributed by atoms with Gasteiger partial charge < -0.3 is 4.74 Å². The molecule has 5 heteroatoms. The van der Waals surface area contributed by atoms with Crippen molar-refractivity contribution < 1.29 is 17.7 Å². The third-order valence-corrected chi connectivity index (χ3v) is 4.32. The molecule has 0 saturated carbocycles. The summed E-state index contributed by atoms with van der Waals surface area (Å²) in [6.45, 7) is 5.90. The van der Waals surface area contributed by atoms with E-state index in [2.05, 4.69) is 13.8 Å². The number of methoxy groups -OCH3 is 1. The van der Waals surface area contributed by atoms with Crippen molar-refractivity contribution in [2.75, 3.05) is 7.11 Å². The van der Waals surface area contributed by atoms with Gasteiger partial charge in [-0.15, -0.1) is 0 Å². The van der Waals surface area contributed by atoms with Crippen LogP contribution in [0.2, 0.25) is 0 Å². The van der Waals surface area contributed by atoms with Gasteiger partial charge in [-0.25, -0.2) is 0 Å². The number of hydrogen-bond donors (Lipinski definition) is 1. The lowest BCUT2D eigenvalue weighted by Gasteiger charge is -2.06. The standard InChI is InChI=1S/C15H18O4S/c1-9(2)11-5-6-12-14(20(16,17)18)7-10(3)15(12)13(8-11)19-4/h5-9H,1-4H3,(H,16,17,18). The maximum Gasteiger partial charge on any atom is 0.295 e. The number of ether oxygens (including phenoxy) is 1. The molecule has 0 aliphatic heterocycles. The molecule has 0 atom stereocenters. The lowest BCUT2D eigenvalue weighted by atomic mass is 10.1. The van der Waals surface area contributed by atoms with E-state index in [0.717, 1.165) is 11.1 Å². The molecule has 0 radical (unpaired) electrons. The summed E-state index contributed by atoms with van der Waals surface area (Å²) in [6, 6.07) is 6.97. The van der Waals surface area contributed by atoms with E-state index in [1.807, 2.05) is 12.1 Å². The van der Waals surface area contributed by atoms with Gasteiger partial charge in [-0.3, -0.25) is 4.55 Å². The fourth-order valence-electron chi connectivity index (χ4n) is 2.36. The molecule has 20 heavy (non-hydrogen) atoms. The van der Waals surface area contributed by atoms with E-state index in [4.69, 9.17) is 4.74 Å². The van der Waals surface area contributed by atoms with Gasteiger partial charge in [-0.1, -0.05) is 26.0 Å². The fraction of sp³-hybridized carbons (Fsp3) is 0.333. The van der Waals surface area contributed by atoms with Gasteiger partial charge in [0.15, 0.2) is 0 Å². The zero-order chi connectivity index (χ0) is 15.1. The largest absolute Gasteiger partial charge is 0.496 e. The Bertz CT molecular complexity index is 717. The monoisotopic (exact) mass is 294 g/mol. The summed E-state index contributed by atoms with van der Waals surface area (Å²) in [5.74, 6) is 0.899. The fourth-order valence-corrected chi connectivity index (χ4v) is 3.13. The van der Waals surface area contributed by atoms with Crippen molar-refractivity contribution in [1.82, 2.24) is 0 Å². The van der Waals surface area contributed by atoms with Crippen LogP contribution in [0.3, 0.4) is 0 Å². The van der Waals surface area contributed by atoms with Crippen molar-refractivity contribution >= 4 is 10.1 Å². The Labute approximate surface area is 119 Å². The quantitative estimate of drug-likeness (QED) is 0.880. The van der Waals surface area contributed by atoms with Gasteiger partial charge in [-0.05, 0) is 36.1 Å². The molecule has 2 aliphatic rings. The molecular weight excluding hydrogens is 276 g/mol. The number of hydrogen-bond acceptors (Lipinski definition) is 3. The first-order valence-electron chi connectivity index (χ1n) is 6.34. The van der Waals surface area contributed by atoms with Crippen LogP contribution >= 0.6 is 0 Å². The molecule has 0 aromatic heterocycles. The third-order valence-electron chi connectivity index (χ3n) is 3.43. The van der Waals surface area contributed by atoms with Crippen molar-refractivity contribution in [3.63, 3.8) is 0 Å². The van der Waals surface area contributed by atoms with Crippen LogP contribution in [0.25, 0.3) is 11.1 Å². The molecule has 0 aromatic rings. The van der Waals surface area contributed by atoms with Gasteiger partial charge in [0.1, 0.15) is 10.6 Å². The zero-order valence-electron chi connectivity index (χ0n) is 12.0. The van der Waals surface area contributed by atoms with E-state index in [-0.39, 0.29) is 10.8 Å². The van der Waals surface area contributed by atoms with Gasteiger partial charge in [0.25, 0.3) is 10.1 Å². The first-order chi connectivity index (χ1) is 9.25. The Kier molecular flexibility index (Phi) is 3.75. The average Bonchev–Trinajstić information content (AvgIpc) is 2.57. The molecule has 0 amide bonds. The molecule has 0 heterocycles. The number of rotatable bonds is 3. The van der Waals surface area contributed by atoms with Gasteiger partial charge in [0.05, 0.1) is 7.11 Å². The topological polar surface area (TPSA) is 63.6 Å². The minimum atomic E-state index is -4.25. The molecular formula is C15H18O4S. The van der Waals surface area contributed by atoms with Gasteiger partial charge in [0.2, 0.25) is 0 Å². The van der Waals surface area contributed by atoms with Crippen LogP contribution in [0.5, 0.6) is 5.75 Å². The lowest BCUT2D eigenvalue weighted by molar-refractivity contribution is 0.416. The first-order valence-corrected chi connectivity index (χ1v) is 7.78. The molecule has 0 bridgehead atoms. The second-order valence-electron chi connectivity index (χ2n) is 5.16. The Morgan fingerprint density at radius 1 is 1.20 bits per heavy atom. The van der Waals surface area contributed by atoms with Crippen LogP contribution < -0.4 is 4.74 Å². The van der Waals surface area contributed by atoms with E-state index < -0.39 is 10.1 Å². The predicted molar refractivity (Wildman–Crippen MR) is 78.3 cm³/mol. The average molecular weight is 294 g/mol. The highest BCUT2D eigenvalue weighted by molar-refractivity contribution is 7.86. The molecule has 0 saturated heterocycles. The normalized spacial score (nSPS) is 12.1. The third kappa shape index (κ3) is 2.51. The Balaban J connectivity index is 2.87. The van der Waals surface area contributed by atoms with Crippen molar-refractivity contribution in [2.45, 2.75) is 31.6 Å². The lowest BCUT2D eigenvalue weighted by Crippen LogP contribution is -1.97. The molecule has 0 spiro atoms. The number of fused-ring (bicyclic) bond motifs is 1. The Morgan fingerprint density at radius 3 is 2.35 bits per heavy atom. The van der Waals surface area contributed by atoms with Crippen LogP contribution in [-0.2, 0) is 10.1 Å². The first kappa shape index (κ1) is 14.8. The van der Waals surface area contributed by atoms with Gasteiger partial charge >= 0.3 is 0 Å². The molecule has 0 aromatic carbocycles.